The Labute approximate surface area is 115 Å². The zero-order valence-electron chi connectivity index (χ0n) is 11.5. The van der Waals surface area contributed by atoms with Crippen molar-refractivity contribution in [3.8, 4) is 0 Å². The fourth-order valence-corrected chi connectivity index (χ4v) is 1.63. The van der Waals surface area contributed by atoms with Gasteiger partial charge in [0, 0.05) is 18.3 Å². The summed E-state index contributed by atoms with van der Waals surface area (Å²) in [6, 6.07) is -0.353. The molecule has 0 amide bonds. The third-order valence-corrected chi connectivity index (χ3v) is 2.73. The van der Waals surface area contributed by atoms with E-state index in [0.717, 1.165) is 5.56 Å². The average molecular weight is 297 g/mol. The van der Waals surface area contributed by atoms with Crippen LogP contribution in [0.15, 0.2) is 12.4 Å². The monoisotopic (exact) mass is 297 g/mol. The Morgan fingerprint density at radius 2 is 2.10 bits per heavy atom. The molecule has 0 saturated heterocycles. The van der Waals surface area contributed by atoms with Crippen LogP contribution in [0.5, 0.6) is 0 Å². The van der Waals surface area contributed by atoms with Crippen LogP contribution in [0, 0.1) is 0 Å². The number of nitrogens with one attached hydrogen (secondary N) is 1. The molecule has 0 saturated carbocycles. The quantitative estimate of drug-likeness (QED) is 0.712. The van der Waals surface area contributed by atoms with Crippen molar-refractivity contribution in [2.75, 3.05) is 19.8 Å². The molecule has 4 nitrogen and oxygen atoms in total. The Kier molecular flexibility index (Phi) is 6.41. The molecular weight excluding hydrogens is 278 g/mol. The van der Waals surface area contributed by atoms with Crippen molar-refractivity contribution in [1.82, 2.24) is 15.1 Å². The van der Waals surface area contributed by atoms with E-state index < -0.39 is 19.0 Å². The molecular formula is C12H19F4N3O. The van der Waals surface area contributed by atoms with Gasteiger partial charge in [-0.05, 0) is 13.5 Å². The van der Waals surface area contributed by atoms with E-state index in [1.165, 1.54) is 0 Å². The molecule has 1 aromatic heterocycles. The molecule has 1 unspecified atom stereocenters. The number of nitrogens with zero attached hydrogens (tertiary/aromatic N) is 2. The molecule has 1 aromatic rings. The number of alkyl halides is 4. The highest BCUT2D eigenvalue weighted by Crippen LogP contribution is 2.23. The van der Waals surface area contributed by atoms with E-state index in [-0.39, 0.29) is 12.6 Å². The predicted octanol–water partition coefficient (Wildman–Crippen LogP) is 2.47. The fourth-order valence-electron chi connectivity index (χ4n) is 1.63. The van der Waals surface area contributed by atoms with Gasteiger partial charge < -0.3 is 10.1 Å². The highest BCUT2D eigenvalue weighted by Gasteiger charge is 2.41. The smallest absolute Gasteiger partial charge is 0.330 e. The lowest BCUT2D eigenvalue weighted by Gasteiger charge is -2.19. The summed E-state index contributed by atoms with van der Waals surface area (Å²) in [5.41, 5.74) is 0.772. The first kappa shape index (κ1) is 16.9. The highest BCUT2D eigenvalue weighted by molar-refractivity contribution is 5.10. The maximum Gasteiger partial charge on any atom is 0.330 e. The molecule has 0 fully saturated rings. The molecule has 1 atom stereocenters. The van der Waals surface area contributed by atoms with Crippen LogP contribution in [0.3, 0.4) is 0 Å². The molecule has 0 aromatic carbocycles. The molecule has 1 N–H and O–H groups in total. The van der Waals surface area contributed by atoms with Crippen molar-refractivity contribution < 1.29 is 22.3 Å². The van der Waals surface area contributed by atoms with Gasteiger partial charge in [0.25, 0.3) is 0 Å². The lowest BCUT2D eigenvalue weighted by Crippen LogP contribution is -2.34. The maximum absolute atomic E-state index is 12.7. The summed E-state index contributed by atoms with van der Waals surface area (Å²) in [7, 11) is 0. The molecule has 116 valence electrons. The second-order valence-electron chi connectivity index (χ2n) is 4.32. The third-order valence-electron chi connectivity index (χ3n) is 2.73. The Hall–Kier alpha value is -1.15. The second kappa shape index (κ2) is 7.58. The molecule has 0 spiro atoms. The van der Waals surface area contributed by atoms with Gasteiger partial charge in [-0.2, -0.15) is 13.9 Å². The number of hydrogen-bond acceptors (Lipinski definition) is 3. The number of halogens is 4. The lowest BCUT2D eigenvalue weighted by atomic mass is 10.2. The summed E-state index contributed by atoms with van der Waals surface area (Å²) < 4.78 is 55.9. The summed E-state index contributed by atoms with van der Waals surface area (Å²) in [5, 5.41) is 7.12. The van der Waals surface area contributed by atoms with Crippen molar-refractivity contribution in [3.05, 3.63) is 18.0 Å². The van der Waals surface area contributed by atoms with Crippen molar-refractivity contribution in [2.45, 2.75) is 38.8 Å². The Bertz CT molecular complexity index is 398. The van der Waals surface area contributed by atoms with Crippen LogP contribution in [0.2, 0.25) is 0 Å². The van der Waals surface area contributed by atoms with Gasteiger partial charge in [0.05, 0.1) is 18.8 Å². The first-order chi connectivity index (χ1) is 9.40. The van der Waals surface area contributed by atoms with Crippen molar-refractivity contribution >= 4 is 0 Å². The van der Waals surface area contributed by atoms with Gasteiger partial charge in [0.1, 0.15) is 6.61 Å². The van der Waals surface area contributed by atoms with Crippen LogP contribution in [-0.4, -0.2) is 41.9 Å². The van der Waals surface area contributed by atoms with E-state index >= 15 is 0 Å². The molecule has 0 aliphatic heterocycles. The van der Waals surface area contributed by atoms with E-state index in [9.17, 15) is 17.6 Å². The normalized spacial score (nSPS) is 13.9. The molecule has 0 aliphatic carbocycles. The largest absolute Gasteiger partial charge is 0.373 e. The van der Waals surface area contributed by atoms with Crippen LogP contribution >= 0.6 is 0 Å². The summed E-state index contributed by atoms with van der Waals surface area (Å²) in [6.07, 6.45) is -0.351. The zero-order chi connectivity index (χ0) is 15.2. The molecule has 20 heavy (non-hydrogen) atoms. The van der Waals surface area contributed by atoms with Crippen LogP contribution in [0.25, 0.3) is 0 Å². The minimum atomic E-state index is -4.12. The molecule has 1 rings (SSSR count). The molecule has 1 heterocycles. The fraction of sp³-hybridized carbons (Fsp3) is 0.750. The number of rotatable bonds is 9. The average Bonchev–Trinajstić information content (AvgIpc) is 2.86. The predicted molar refractivity (Wildman–Crippen MR) is 66.1 cm³/mol. The van der Waals surface area contributed by atoms with Gasteiger partial charge in [-0.3, -0.25) is 4.68 Å². The van der Waals surface area contributed by atoms with Gasteiger partial charge in [-0.15, -0.1) is 0 Å². The van der Waals surface area contributed by atoms with Crippen LogP contribution in [-0.2, 0) is 11.3 Å². The van der Waals surface area contributed by atoms with Gasteiger partial charge >= 0.3 is 12.3 Å². The van der Waals surface area contributed by atoms with E-state index in [1.54, 1.807) is 17.1 Å². The van der Waals surface area contributed by atoms with Gasteiger partial charge in [0.15, 0.2) is 0 Å². The van der Waals surface area contributed by atoms with E-state index in [2.05, 4.69) is 10.4 Å². The summed E-state index contributed by atoms with van der Waals surface area (Å²) >= 11 is 0. The number of aromatic nitrogens is 2. The van der Waals surface area contributed by atoms with E-state index in [4.69, 9.17) is 4.74 Å². The topological polar surface area (TPSA) is 39.1 Å². The SMILES string of the molecule is CCNC(COCC(F)(F)C(F)F)c1cnn(CC)c1. The Morgan fingerprint density at radius 1 is 1.40 bits per heavy atom. The van der Waals surface area contributed by atoms with Crippen molar-refractivity contribution in [1.29, 1.82) is 0 Å². The second-order valence-corrected chi connectivity index (χ2v) is 4.32. The van der Waals surface area contributed by atoms with Gasteiger partial charge in [0.2, 0.25) is 0 Å². The molecule has 0 radical (unpaired) electrons. The maximum atomic E-state index is 12.7. The number of likely N-dealkylation sites (N-methyl/N-ethyl adjacent to an activating group) is 1. The molecule has 0 bridgehead atoms. The molecule has 8 heteroatoms. The van der Waals surface area contributed by atoms with Gasteiger partial charge in [-0.25, -0.2) is 8.78 Å². The van der Waals surface area contributed by atoms with Crippen LogP contribution in [0.1, 0.15) is 25.5 Å². The first-order valence-corrected chi connectivity index (χ1v) is 6.40. The minimum absolute atomic E-state index is 0.119. The van der Waals surface area contributed by atoms with E-state index in [0.29, 0.717) is 13.1 Å². The zero-order valence-corrected chi connectivity index (χ0v) is 11.5. The van der Waals surface area contributed by atoms with Crippen molar-refractivity contribution in [3.63, 3.8) is 0 Å². The standard InChI is InChI=1S/C12H19F4N3O/c1-3-17-10(9-5-18-19(4-2)6-9)7-20-8-12(15,16)11(13)14/h5-6,10-11,17H,3-4,7-8H2,1-2H3. The van der Waals surface area contributed by atoms with Gasteiger partial charge in [-0.1, -0.05) is 6.92 Å². The third kappa shape index (κ3) is 4.75. The Balaban J connectivity index is 2.55. The first-order valence-electron chi connectivity index (χ1n) is 6.40. The van der Waals surface area contributed by atoms with Crippen LogP contribution in [0.4, 0.5) is 17.6 Å². The van der Waals surface area contributed by atoms with E-state index in [1.807, 2.05) is 13.8 Å². The minimum Gasteiger partial charge on any atom is -0.373 e. The summed E-state index contributed by atoms with van der Waals surface area (Å²) in [5.74, 6) is -4.12. The summed E-state index contributed by atoms with van der Waals surface area (Å²) in [4.78, 5) is 0. The molecule has 0 aliphatic rings. The van der Waals surface area contributed by atoms with Crippen molar-refractivity contribution in [2.24, 2.45) is 0 Å². The number of hydrogen-bond donors (Lipinski definition) is 1. The summed E-state index contributed by atoms with van der Waals surface area (Å²) in [6.45, 7) is 3.63. The number of aryl methyl sites for hydroxylation is 1. The highest BCUT2D eigenvalue weighted by atomic mass is 19.3. The van der Waals surface area contributed by atoms with Crippen LogP contribution < -0.4 is 5.32 Å². The lowest BCUT2D eigenvalue weighted by molar-refractivity contribution is -0.167. The Morgan fingerprint density at radius 3 is 2.60 bits per heavy atom. The number of ether oxygens (including phenoxy) is 1.